The molecule has 0 radical (unpaired) electrons. The van der Waals surface area contributed by atoms with Crippen LogP contribution in [0.15, 0.2) is 35.6 Å². The molecule has 2 aromatic heterocycles. The lowest BCUT2D eigenvalue weighted by molar-refractivity contribution is 0.0516. The number of H-pyrrole nitrogens is 1. The van der Waals surface area contributed by atoms with E-state index in [2.05, 4.69) is 20.3 Å². The molecule has 1 amide bonds. The molecule has 0 aliphatic carbocycles. The number of thioether (sulfide) groups is 1. The Morgan fingerprint density at radius 3 is 2.56 bits per heavy atom. The van der Waals surface area contributed by atoms with Crippen molar-refractivity contribution in [3.63, 3.8) is 0 Å². The molecule has 0 bridgehead atoms. The molecule has 2 N–H and O–H groups in total. The van der Waals surface area contributed by atoms with Crippen LogP contribution in [0.2, 0.25) is 5.02 Å². The van der Waals surface area contributed by atoms with Gasteiger partial charge in [0.25, 0.3) is 0 Å². The predicted molar refractivity (Wildman–Crippen MR) is 136 cm³/mol. The second-order valence-corrected chi connectivity index (χ2v) is 10.5. The highest BCUT2D eigenvalue weighted by molar-refractivity contribution is 7.98. The summed E-state index contributed by atoms with van der Waals surface area (Å²) in [6.45, 7) is 9.78. The average molecular weight is 504 g/mol. The number of ether oxygens (including phenoxy) is 2. The summed E-state index contributed by atoms with van der Waals surface area (Å²) in [6.07, 6.45) is 3.17. The first-order valence-electron chi connectivity index (χ1n) is 10.7. The number of nitrogens with zero attached hydrogens (tertiary/aromatic N) is 3. The van der Waals surface area contributed by atoms with Crippen molar-refractivity contribution in [1.82, 2.24) is 25.3 Å². The fourth-order valence-corrected chi connectivity index (χ4v) is 3.72. The molecule has 0 saturated carbocycles. The molecule has 34 heavy (non-hydrogen) atoms. The number of rotatable bonds is 7. The summed E-state index contributed by atoms with van der Waals surface area (Å²) in [7, 11) is 1.57. The average Bonchev–Trinajstić information content (AvgIpc) is 3.23. The first-order valence-corrected chi connectivity index (χ1v) is 12.3. The van der Waals surface area contributed by atoms with Crippen molar-refractivity contribution in [2.24, 2.45) is 0 Å². The van der Waals surface area contributed by atoms with Gasteiger partial charge in [0.05, 0.1) is 29.2 Å². The van der Waals surface area contributed by atoms with Gasteiger partial charge in [0, 0.05) is 23.7 Å². The lowest BCUT2D eigenvalue weighted by Crippen LogP contribution is -2.40. The largest absolute Gasteiger partial charge is 0.495 e. The van der Waals surface area contributed by atoms with E-state index in [9.17, 15) is 4.79 Å². The molecule has 182 valence electrons. The van der Waals surface area contributed by atoms with Gasteiger partial charge in [-0.05, 0) is 45.2 Å². The Morgan fingerprint density at radius 2 is 1.91 bits per heavy atom. The van der Waals surface area contributed by atoms with Crippen LogP contribution in [0.5, 0.6) is 5.75 Å². The molecule has 0 fully saturated rings. The Balaban J connectivity index is 2.03. The Labute approximate surface area is 209 Å². The van der Waals surface area contributed by atoms with Gasteiger partial charge in [-0.15, -0.1) is 0 Å². The van der Waals surface area contributed by atoms with Crippen molar-refractivity contribution >= 4 is 29.5 Å². The molecule has 3 rings (SSSR count). The minimum Gasteiger partial charge on any atom is -0.495 e. The smallest absolute Gasteiger partial charge is 0.407 e. The van der Waals surface area contributed by atoms with Crippen LogP contribution in [0.25, 0.3) is 22.6 Å². The number of halogens is 1. The zero-order valence-electron chi connectivity index (χ0n) is 20.4. The van der Waals surface area contributed by atoms with Gasteiger partial charge in [0.2, 0.25) is 0 Å². The van der Waals surface area contributed by atoms with Gasteiger partial charge in [-0.3, -0.25) is 0 Å². The Morgan fingerprint density at radius 1 is 1.18 bits per heavy atom. The number of carbonyl (C=O) groups excluding carboxylic acids is 1. The van der Waals surface area contributed by atoms with Crippen molar-refractivity contribution < 1.29 is 14.3 Å². The molecule has 0 aliphatic heterocycles. The molecular weight excluding hydrogens is 474 g/mol. The van der Waals surface area contributed by atoms with E-state index in [1.54, 1.807) is 19.4 Å². The highest BCUT2D eigenvalue weighted by Gasteiger charge is 2.29. The molecule has 0 saturated heterocycles. The van der Waals surface area contributed by atoms with Crippen LogP contribution in [0.3, 0.4) is 0 Å². The first kappa shape index (κ1) is 25.8. The number of hydrogen-bond acceptors (Lipinski definition) is 7. The monoisotopic (exact) mass is 503 g/mol. The van der Waals surface area contributed by atoms with E-state index in [0.717, 1.165) is 11.3 Å². The summed E-state index contributed by atoms with van der Waals surface area (Å²) in [5.74, 6) is 1.24. The number of alkyl carbamates (subject to hydrolysis) is 1. The summed E-state index contributed by atoms with van der Waals surface area (Å²) in [5.41, 5.74) is 1.85. The maximum Gasteiger partial charge on any atom is 0.407 e. The quantitative estimate of drug-likeness (QED) is 0.314. The molecule has 0 atom stereocenters. The van der Waals surface area contributed by atoms with Crippen LogP contribution >= 0.6 is 23.4 Å². The van der Waals surface area contributed by atoms with Crippen LogP contribution in [-0.4, -0.2) is 51.5 Å². The predicted octanol–water partition coefficient (Wildman–Crippen LogP) is 5.72. The molecular formula is C24H30ClN5O3S. The van der Waals surface area contributed by atoms with Gasteiger partial charge in [0.15, 0.2) is 5.16 Å². The fourth-order valence-electron chi connectivity index (χ4n) is 3.16. The van der Waals surface area contributed by atoms with Crippen LogP contribution in [0.1, 0.15) is 40.4 Å². The van der Waals surface area contributed by atoms with Crippen LogP contribution in [-0.2, 0) is 10.2 Å². The summed E-state index contributed by atoms with van der Waals surface area (Å²) in [6, 6.07) is 7.33. The van der Waals surface area contributed by atoms with Crippen molar-refractivity contribution in [2.75, 3.05) is 19.9 Å². The second-order valence-electron chi connectivity index (χ2n) is 9.33. The molecule has 1 aromatic carbocycles. The number of carbonyl (C=O) groups is 1. The molecule has 3 aromatic rings. The van der Waals surface area contributed by atoms with Crippen LogP contribution < -0.4 is 10.1 Å². The third-order valence-corrected chi connectivity index (χ3v) is 5.79. The maximum atomic E-state index is 12.2. The van der Waals surface area contributed by atoms with Gasteiger partial charge < -0.3 is 19.8 Å². The lowest BCUT2D eigenvalue weighted by atomic mass is 9.92. The number of nitrogens with one attached hydrogen (secondary N) is 2. The Hall–Kier alpha value is -2.78. The highest BCUT2D eigenvalue weighted by atomic mass is 35.5. The van der Waals surface area contributed by atoms with E-state index in [0.29, 0.717) is 39.7 Å². The number of amides is 1. The van der Waals surface area contributed by atoms with Crippen LogP contribution in [0, 0.1) is 0 Å². The molecule has 0 unspecified atom stereocenters. The fraction of sp³-hybridized carbons (Fsp3) is 0.417. The molecule has 0 spiro atoms. The summed E-state index contributed by atoms with van der Waals surface area (Å²) >= 11 is 7.71. The standard InChI is InChI=1S/C24H30ClN5O3S/c1-23(2,3)33-22(31)27-13-24(4,5)20-29-18(14-8-9-15(25)17(12-14)32-6)19(30-20)16-10-11-26-21(28-16)34-7/h8-12H,13H2,1-7H3,(H,27,31)(H,29,30). The molecule has 8 nitrogen and oxygen atoms in total. The Bertz CT molecular complexity index is 1170. The molecule has 0 aliphatic rings. The number of aromatic amines is 1. The van der Waals surface area contributed by atoms with Crippen molar-refractivity contribution in [1.29, 1.82) is 0 Å². The Kier molecular flexibility index (Phi) is 7.77. The number of methoxy groups -OCH3 is 1. The number of imidazole rings is 1. The maximum absolute atomic E-state index is 12.2. The van der Waals surface area contributed by atoms with Crippen molar-refractivity contribution in [3.8, 4) is 28.4 Å². The van der Waals surface area contributed by atoms with E-state index in [-0.39, 0.29) is 0 Å². The van der Waals surface area contributed by atoms with Gasteiger partial charge in [-0.25, -0.2) is 19.7 Å². The second kappa shape index (κ2) is 10.2. The lowest BCUT2D eigenvalue weighted by Gasteiger charge is -2.25. The van der Waals surface area contributed by atoms with E-state index < -0.39 is 17.1 Å². The van der Waals surface area contributed by atoms with Gasteiger partial charge in [-0.1, -0.05) is 43.3 Å². The van der Waals surface area contributed by atoms with Gasteiger partial charge in [0.1, 0.15) is 17.2 Å². The minimum absolute atomic E-state index is 0.318. The van der Waals surface area contributed by atoms with Gasteiger partial charge in [-0.2, -0.15) is 0 Å². The van der Waals surface area contributed by atoms with Crippen LogP contribution in [0.4, 0.5) is 4.79 Å². The van der Waals surface area contributed by atoms with E-state index in [1.165, 1.54) is 11.8 Å². The normalized spacial score (nSPS) is 11.9. The summed E-state index contributed by atoms with van der Waals surface area (Å²) in [5, 5.41) is 4.01. The molecule has 10 heteroatoms. The highest BCUT2D eigenvalue weighted by Crippen LogP contribution is 2.36. The number of aromatic nitrogens is 4. The van der Waals surface area contributed by atoms with E-state index in [1.807, 2.05) is 59.1 Å². The molecule has 2 heterocycles. The summed E-state index contributed by atoms with van der Waals surface area (Å²) in [4.78, 5) is 29.5. The summed E-state index contributed by atoms with van der Waals surface area (Å²) < 4.78 is 10.8. The van der Waals surface area contributed by atoms with Crippen molar-refractivity contribution in [2.45, 2.75) is 50.8 Å². The topological polar surface area (TPSA) is 102 Å². The third kappa shape index (κ3) is 6.21. The number of hydrogen-bond donors (Lipinski definition) is 2. The van der Waals surface area contributed by atoms with Crippen molar-refractivity contribution in [3.05, 3.63) is 41.3 Å². The van der Waals surface area contributed by atoms with E-state index >= 15 is 0 Å². The van der Waals surface area contributed by atoms with E-state index in [4.69, 9.17) is 26.1 Å². The van der Waals surface area contributed by atoms with Gasteiger partial charge >= 0.3 is 6.09 Å². The zero-order chi connectivity index (χ0) is 25.1. The SMILES string of the molecule is COc1cc(-c2nc(C(C)(C)CNC(=O)OC(C)(C)C)[nH]c2-c2ccnc(SC)n2)ccc1Cl. The third-order valence-electron chi connectivity index (χ3n) is 4.92. The number of benzene rings is 1. The minimum atomic E-state index is -0.575. The zero-order valence-corrected chi connectivity index (χ0v) is 22.0. The first-order chi connectivity index (χ1) is 15.9.